The van der Waals surface area contributed by atoms with E-state index in [0.29, 0.717) is 6.54 Å². The van der Waals surface area contributed by atoms with Gasteiger partial charge in [0.25, 0.3) is 5.91 Å². The summed E-state index contributed by atoms with van der Waals surface area (Å²) < 4.78 is 13.5. The van der Waals surface area contributed by atoms with Crippen molar-refractivity contribution < 1.29 is 24.2 Å². The highest BCUT2D eigenvalue weighted by Gasteiger charge is 2.66. The van der Waals surface area contributed by atoms with Crippen molar-refractivity contribution in [3.8, 4) is 5.75 Å². The van der Waals surface area contributed by atoms with E-state index in [1.54, 1.807) is 16.9 Å². The molecule has 1 fully saturated rings. The van der Waals surface area contributed by atoms with Crippen molar-refractivity contribution in [2.45, 2.75) is 50.2 Å². The monoisotopic (exact) mass is 712 g/mol. The second-order valence-electron chi connectivity index (χ2n) is 13.0. The summed E-state index contributed by atoms with van der Waals surface area (Å²) in [5.74, 6) is 0.279. The fourth-order valence-corrected chi connectivity index (χ4v) is 12.1. The van der Waals surface area contributed by atoms with Crippen LogP contribution in [0.1, 0.15) is 24.5 Å². The number of hydrogen-bond donors (Lipinski definition) is 1. The first-order valence-electron chi connectivity index (χ1n) is 16.1. The number of amides is 2. The number of aliphatic hydroxyl groups excluding tert-OH is 1. The van der Waals surface area contributed by atoms with Crippen molar-refractivity contribution in [2.24, 2.45) is 5.92 Å². The lowest BCUT2D eigenvalue weighted by atomic mass is 9.82. The summed E-state index contributed by atoms with van der Waals surface area (Å²) in [5, 5.41) is 11.1. The molecule has 0 unspecified atom stereocenters. The quantitative estimate of drug-likeness (QED) is 0.184. The number of aliphatic hydroxyl groups is 1. The smallest absolute Gasteiger partial charge is 0.268 e. The van der Waals surface area contributed by atoms with Gasteiger partial charge in [-0.25, -0.2) is 0 Å². The number of nitrogens with zero attached hydrogens (tertiary/aromatic N) is 2. The maximum atomic E-state index is 15.0. The van der Waals surface area contributed by atoms with E-state index in [-0.39, 0.29) is 42.8 Å². The zero-order valence-electron chi connectivity index (χ0n) is 27.2. The fourth-order valence-electron chi connectivity index (χ4n) is 7.76. The van der Waals surface area contributed by atoms with Gasteiger partial charge < -0.3 is 19.5 Å². The molecule has 7 nitrogen and oxygen atoms in total. The summed E-state index contributed by atoms with van der Waals surface area (Å²) in [5.41, 5.74) is 1.97. The summed E-state index contributed by atoms with van der Waals surface area (Å²) in [6.45, 7) is 7.19. The lowest BCUT2D eigenvalue weighted by Crippen LogP contribution is -2.52. The maximum Gasteiger partial charge on any atom is 0.268 e. The minimum Gasteiger partial charge on any atom is -0.497 e. The van der Waals surface area contributed by atoms with Crippen LogP contribution in [-0.4, -0.2) is 56.3 Å². The molecule has 1 spiro atoms. The van der Waals surface area contributed by atoms with Crippen LogP contribution in [0.3, 0.4) is 0 Å². The lowest BCUT2D eigenvalue weighted by molar-refractivity contribution is -0.149. The number of carbonyl (C=O) groups is 2. The predicted molar refractivity (Wildman–Crippen MR) is 191 cm³/mol. The zero-order valence-corrected chi connectivity index (χ0v) is 29.8. The largest absolute Gasteiger partial charge is 0.497 e. The van der Waals surface area contributed by atoms with Crippen molar-refractivity contribution in [1.29, 1.82) is 0 Å². The van der Waals surface area contributed by atoms with E-state index in [9.17, 15) is 14.7 Å². The molecule has 2 heterocycles. The Bertz CT molecular complexity index is 1740. The van der Waals surface area contributed by atoms with E-state index in [4.69, 9.17) is 9.47 Å². The normalized spacial score (nSPS) is 22.0. The molecule has 6 rings (SSSR count). The molecule has 2 aliphatic rings. The molecular weight excluding hydrogens is 672 g/mol. The van der Waals surface area contributed by atoms with Gasteiger partial charge in [0.2, 0.25) is 5.91 Å². The van der Waals surface area contributed by atoms with E-state index >= 15 is 0 Å². The number of anilines is 2. The van der Waals surface area contributed by atoms with Gasteiger partial charge in [0, 0.05) is 34.7 Å². The molecule has 1 N–H and O–H groups in total. The third-order valence-electron chi connectivity index (χ3n) is 10.0. The topological polar surface area (TPSA) is 79.3 Å². The Morgan fingerprint density at radius 3 is 2.30 bits per heavy atom. The van der Waals surface area contributed by atoms with Crippen molar-refractivity contribution in [1.82, 2.24) is 4.90 Å². The van der Waals surface area contributed by atoms with E-state index in [1.807, 2.05) is 91.0 Å². The van der Waals surface area contributed by atoms with Crippen LogP contribution < -0.4 is 14.8 Å². The van der Waals surface area contributed by atoms with Crippen molar-refractivity contribution in [3.63, 3.8) is 0 Å². The highest BCUT2D eigenvalue weighted by Crippen LogP contribution is 2.61. The molecule has 4 aromatic rings. The Morgan fingerprint density at radius 1 is 1.00 bits per heavy atom. The van der Waals surface area contributed by atoms with E-state index in [0.717, 1.165) is 32.7 Å². The van der Waals surface area contributed by atoms with Crippen molar-refractivity contribution >= 4 is 52.4 Å². The third kappa shape index (κ3) is 5.95. The van der Waals surface area contributed by atoms with Gasteiger partial charge in [-0.2, -0.15) is 0 Å². The van der Waals surface area contributed by atoms with Gasteiger partial charge in [-0.05, 0) is 53.6 Å². The summed E-state index contributed by atoms with van der Waals surface area (Å²) in [6.07, 6.45) is -0.442. The van der Waals surface area contributed by atoms with Gasteiger partial charge in [-0.1, -0.05) is 102 Å². The Hall–Kier alpha value is -3.76. The second-order valence-corrected chi connectivity index (χ2v) is 18.6. The maximum absolute atomic E-state index is 15.0. The molecule has 0 bridgehead atoms. The molecule has 1 saturated heterocycles. The van der Waals surface area contributed by atoms with Gasteiger partial charge in [0.05, 0.1) is 40.0 Å². The third-order valence-corrected chi connectivity index (χ3v) is 14.9. The first-order valence-corrected chi connectivity index (χ1v) is 19.9. The number of halogens is 1. The highest BCUT2D eigenvalue weighted by atomic mass is 79.9. The van der Waals surface area contributed by atoms with Gasteiger partial charge >= 0.3 is 0 Å². The van der Waals surface area contributed by atoms with Crippen LogP contribution >= 0.6 is 15.9 Å². The first-order chi connectivity index (χ1) is 22.6. The number of fused-ring (bicyclic) bond motifs is 2. The number of hydrogen-bond acceptors (Lipinski definition) is 5. The zero-order chi connectivity index (χ0) is 33.3. The summed E-state index contributed by atoms with van der Waals surface area (Å²) in [7, 11) is -0.789. The standard InChI is InChI=1S/C38H41BrN2O5Si/c1-26-36(47(3,4)31-18-16-30(45-2)17-19-31)34(24-35(43)40(21-22-42)25-27-11-7-5-8-12-27)46-38(26)32-23-28(39)15-20-33(32)41(37(38)44)29-13-9-6-10-14-29/h5-20,23,26,34,36,42H,21-22,24-25H2,1-4H3/t26-,34+,36-,38+/m1/s1. The summed E-state index contributed by atoms with van der Waals surface area (Å²) in [6, 6.07) is 33.6. The number of carbonyl (C=O) groups excluding carboxylic acids is 2. The van der Waals surface area contributed by atoms with Crippen molar-refractivity contribution in [2.75, 3.05) is 25.2 Å². The fraction of sp³-hybridized carbons (Fsp3) is 0.316. The van der Waals surface area contributed by atoms with Crippen LogP contribution in [0.5, 0.6) is 5.75 Å². The Kier molecular flexibility index (Phi) is 9.44. The lowest BCUT2D eigenvalue weighted by Gasteiger charge is -2.37. The first kappa shape index (κ1) is 33.1. The Labute approximate surface area is 286 Å². The molecule has 0 aliphatic carbocycles. The number of para-hydroxylation sites is 1. The SMILES string of the molecule is COc1ccc([Si](C)(C)[C@H]2[C@H](CC(=O)N(CCO)Cc3ccccc3)O[C@@]3(C(=O)N(c4ccccc4)c4ccc(Br)cc43)[C@@H]2C)cc1. The van der Waals surface area contributed by atoms with Gasteiger partial charge in [-0.3, -0.25) is 14.5 Å². The Balaban J connectivity index is 1.45. The van der Waals surface area contributed by atoms with Crippen LogP contribution in [-0.2, 0) is 26.5 Å². The average molecular weight is 714 g/mol. The highest BCUT2D eigenvalue weighted by molar-refractivity contribution is 9.10. The van der Waals surface area contributed by atoms with Crippen LogP contribution in [0.25, 0.3) is 0 Å². The van der Waals surface area contributed by atoms with Crippen LogP contribution in [0.15, 0.2) is 108 Å². The van der Waals surface area contributed by atoms with E-state index in [2.05, 4.69) is 48.1 Å². The summed E-state index contributed by atoms with van der Waals surface area (Å²) in [4.78, 5) is 32.6. The molecule has 2 amide bonds. The van der Waals surface area contributed by atoms with E-state index in [1.165, 1.54) is 5.19 Å². The average Bonchev–Trinajstić information content (AvgIpc) is 3.51. The molecular formula is C38H41BrN2O5Si. The number of ether oxygens (including phenoxy) is 2. The molecule has 0 saturated carbocycles. The number of benzene rings is 4. The molecule has 0 aromatic heterocycles. The molecule has 4 aromatic carbocycles. The van der Waals surface area contributed by atoms with Gasteiger partial charge in [0.1, 0.15) is 5.75 Å². The minimum atomic E-state index is -2.44. The molecule has 47 heavy (non-hydrogen) atoms. The molecule has 4 atom stereocenters. The molecule has 9 heteroatoms. The van der Waals surface area contributed by atoms with Crippen molar-refractivity contribution in [3.05, 3.63) is 119 Å². The van der Waals surface area contributed by atoms with Crippen LogP contribution in [0, 0.1) is 5.92 Å². The number of methoxy groups -OCH3 is 1. The van der Waals surface area contributed by atoms with Crippen LogP contribution in [0.4, 0.5) is 11.4 Å². The number of rotatable bonds is 10. The molecule has 2 aliphatic heterocycles. The van der Waals surface area contributed by atoms with Crippen LogP contribution in [0.2, 0.25) is 18.6 Å². The Morgan fingerprint density at radius 2 is 1.66 bits per heavy atom. The van der Waals surface area contributed by atoms with Gasteiger partial charge in [0.15, 0.2) is 5.60 Å². The molecule has 0 radical (unpaired) electrons. The predicted octanol–water partition coefficient (Wildman–Crippen LogP) is 6.76. The second kappa shape index (κ2) is 13.4. The summed E-state index contributed by atoms with van der Waals surface area (Å²) >= 11 is 3.67. The molecule has 244 valence electrons. The van der Waals surface area contributed by atoms with E-state index < -0.39 is 19.8 Å². The minimum absolute atomic E-state index is 0.0954. The van der Waals surface area contributed by atoms with Gasteiger partial charge in [-0.15, -0.1) is 0 Å².